The molecule has 612 valence electrons. The Hall–Kier alpha value is -3.79. The van der Waals surface area contributed by atoms with Gasteiger partial charge in [-0.15, -0.1) is 0 Å². The summed E-state index contributed by atoms with van der Waals surface area (Å²) in [5.74, 6) is -2.25. The van der Waals surface area contributed by atoms with Crippen LogP contribution in [0.5, 0.6) is 0 Å². The molecule has 0 aromatic carbocycles. The molecule has 5 N–H and O–H groups in total. The number of nitrogens with one attached hydrogen (secondary N) is 1. The topological polar surface area (TPSA) is 203 Å². The van der Waals surface area contributed by atoms with E-state index < -0.39 is 5.91 Å². The zero-order chi connectivity index (χ0) is 76.2. The van der Waals surface area contributed by atoms with E-state index in [0.717, 1.165) is 135 Å². The summed E-state index contributed by atoms with van der Waals surface area (Å²) in [5, 5.41) is 3.16. The molecule has 0 saturated carbocycles. The molecular formula is C88H173N9O7. The molecule has 0 radical (unpaired) electrons. The lowest BCUT2D eigenvalue weighted by molar-refractivity contribution is -0.148. The molecule has 0 heterocycles. The molecule has 16 nitrogen and oxygen atoms in total. The van der Waals surface area contributed by atoms with Gasteiger partial charge in [-0.3, -0.25) is 33.6 Å². The first kappa shape index (κ1) is 100. The van der Waals surface area contributed by atoms with Crippen molar-refractivity contribution in [2.24, 2.45) is 11.5 Å². The lowest BCUT2D eigenvalue weighted by atomic mass is 10.1. The quantitative estimate of drug-likeness (QED) is 0.0495. The lowest BCUT2D eigenvalue weighted by Crippen LogP contribution is -2.52. The Morgan fingerprint density at radius 1 is 0.212 bits per heavy atom. The molecule has 16 heteroatoms. The van der Waals surface area contributed by atoms with Crippen molar-refractivity contribution in [1.29, 1.82) is 0 Å². The monoisotopic (exact) mass is 1470 g/mol. The Labute approximate surface area is 642 Å². The van der Waals surface area contributed by atoms with Gasteiger partial charge in [0.15, 0.2) is 0 Å². The maximum atomic E-state index is 15.4. The Morgan fingerprint density at radius 3 is 0.510 bits per heavy atom. The molecule has 7 amide bonds. The van der Waals surface area contributed by atoms with Crippen LogP contribution in [-0.4, -0.2) is 169 Å². The van der Waals surface area contributed by atoms with Gasteiger partial charge >= 0.3 is 0 Å². The highest BCUT2D eigenvalue weighted by molar-refractivity contribution is 5.92. The Balaban J connectivity index is 7.37. The van der Waals surface area contributed by atoms with Gasteiger partial charge in [-0.2, -0.15) is 0 Å². The first-order chi connectivity index (χ1) is 50.8. The predicted molar refractivity (Wildman–Crippen MR) is 442 cm³/mol. The van der Waals surface area contributed by atoms with E-state index in [4.69, 9.17) is 11.5 Å². The van der Waals surface area contributed by atoms with Crippen LogP contribution in [0.15, 0.2) is 0 Å². The molecule has 104 heavy (non-hydrogen) atoms. The minimum Gasteiger partial charge on any atom is -0.368 e. The number of carbonyl (C=O) groups excluding carboxylic acids is 7. The first-order valence-corrected chi connectivity index (χ1v) is 45.2. The third-order valence-electron chi connectivity index (χ3n) is 21.4. The van der Waals surface area contributed by atoms with Gasteiger partial charge in [0.05, 0.1) is 45.8 Å². The molecule has 0 unspecified atom stereocenters. The van der Waals surface area contributed by atoms with Crippen molar-refractivity contribution >= 4 is 41.4 Å². The molecule has 0 bridgehead atoms. The maximum Gasteiger partial charge on any atom is 0.242 e. The standard InChI is InChI=1S/C88H173N9O7/c1-7-13-19-25-31-37-43-49-55-61-69-92(76-82(90)98)84(100)78-94(71-63-57-51-45-39-33-27-21-15-9-3)86(102)80-96(73-65-59-53-47-41-35-29-23-17-11-5)88(104)81-97(74-66-60-54-48-42-36-30-24-18-12-6)87(103)79-95(72-64-58-52-46-40-34-28-22-16-10-4)85(101)77-93(83(99)75-91-68-67-89)70-62-56-50-44-38-32-26-20-14-8-2/h91H,7-81,89H2,1-6H3,(H2,90,98). The van der Waals surface area contributed by atoms with Crippen LogP contribution in [0.4, 0.5) is 0 Å². The third-order valence-corrected chi connectivity index (χ3v) is 21.4. The molecule has 0 aliphatic rings. The Morgan fingerprint density at radius 2 is 0.356 bits per heavy atom. The molecule has 0 aromatic heterocycles. The van der Waals surface area contributed by atoms with Gasteiger partial charge in [0.2, 0.25) is 41.4 Å². The lowest BCUT2D eigenvalue weighted by Gasteiger charge is -2.32. The summed E-state index contributed by atoms with van der Waals surface area (Å²) < 4.78 is 0. The SMILES string of the molecule is CCCCCCCCCCCCN(CC(N)=O)C(=O)CN(CCCCCCCCCCCC)C(=O)CN(CCCCCCCCCCCC)C(=O)CN(CCCCCCCCCCCC)C(=O)CN(CCCCCCCCCCCC)C(=O)CN(CCCCCCCCCCCC)C(=O)CNCCN. The highest BCUT2D eigenvalue weighted by Crippen LogP contribution is 2.19. The molecule has 0 aromatic rings. The second-order valence-electron chi connectivity index (χ2n) is 31.4. The van der Waals surface area contributed by atoms with Crippen LogP contribution >= 0.6 is 0 Å². The third kappa shape index (κ3) is 63.2. The molecule has 0 aliphatic carbocycles. The first-order valence-electron chi connectivity index (χ1n) is 45.2. The summed E-state index contributed by atoms with van der Waals surface area (Å²) in [4.78, 5) is 112. The van der Waals surface area contributed by atoms with Crippen molar-refractivity contribution in [2.45, 2.75) is 427 Å². The average molecular weight is 1470 g/mol. The molecule has 0 atom stereocenters. The number of nitrogens with two attached hydrogens (primary N) is 2. The summed E-state index contributed by atoms with van der Waals surface area (Å²) in [5.41, 5.74) is 11.7. The van der Waals surface area contributed by atoms with Crippen molar-refractivity contribution in [1.82, 2.24) is 34.7 Å². The number of rotatable bonds is 82. The van der Waals surface area contributed by atoms with Crippen LogP contribution in [0.1, 0.15) is 427 Å². The van der Waals surface area contributed by atoms with Crippen LogP contribution < -0.4 is 16.8 Å². The second-order valence-corrected chi connectivity index (χ2v) is 31.4. The fourth-order valence-electron chi connectivity index (χ4n) is 14.4. The molecule has 0 fully saturated rings. The van der Waals surface area contributed by atoms with E-state index in [9.17, 15) is 19.2 Å². The van der Waals surface area contributed by atoms with Gasteiger partial charge < -0.3 is 46.2 Å². The number of unbranched alkanes of at least 4 members (excludes halogenated alkanes) is 54. The van der Waals surface area contributed by atoms with E-state index in [1.807, 2.05) is 0 Å². The predicted octanol–water partition coefficient (Wildman–Crippen LogP) is 20.5. The van der Waals surface area contributed by atoms with Crippen molar-refractivity contribution in [3.63, 3.8) is 0 Å². The largest absolute Gasteiger partial charge is 0.368 e. The fourth-order valence-corrected chi connectivity index (χ4v) is 14.4. The minimum atomic E-state index is -0.585. The van der Waals surface area contributed by atoms with Crippen LogP contribution in [0.2, 0.25) is 0 Å². The summed E-state index contributed by atoms with van der Waals surface area (Å²) in [7, 11) is 0. The number of hydrogen-bond acceptors (Lipinski definition) is 9. The smallest absolute Gasteiger partial charge is 0.242 e. The zero-order valence-corrected chi connectivity index (χ0v) is 69.7. The van der Waals surface area contributed by atoms with Crippen LogP contribution in [0.25, 0.3) is 0 Å². The van der Waals surface area contributed by atoms with Gasteiger partial charge in [0.25, 0.3) is 0 Å². The van der Waals surface area contributed by atoms with Crippen molar-refractivity contribution in [3.05, 3.63) is 0 Å². The fraction of sp³-hybridized carbons (Fsp3) is 0.920. The van der Waals surface area contributed by atoms with Crippen LogP contribution in [0, 0.1) is 0 Å². The number of primary amides is 1. The van der Waals surface area contributed by atoms with E-state index in [2.05, 4.69) is 46.9 Å². The van der Waals surface area contributed by atoms with Gasteiger partial charge in [0.1, 0.15) is 0 Å². The molecule has 0 spiro atoms. The molecule has 0 saturated heterocycles. The highest BCUT2D eigenvalue weighted by Gasteiger charge is 2.30. The average Bonchev–Trinajstić information content (AvgIpc) is 1.03. The normalized spacial score (nSPS) is 11.4. The van der Waals surface area contributed by atoms with Gasteiger partial charge in [-0.1, -0.05) is 388 Å². The van der Waals surface area contributed by atoms with E-state index in [1.54, 1.807) is 24.5 Å². The summed E-state index contributed by atoms with van der Waals surface area (Å²) in [6.45, 7) is 15.4. The maximum absolute atomic E-state index is 15.4. The van der Waals surface area contributed by atoms with E-state index in [1.165, 1.54) is 236 Å². The number of carbonyl (C=O) groups is 7. The zero-order valence-electron chi connectivity index (χ0n) is 69.7. The summed E-state index contributed by atoms with van der Waals surface area (Å²) in [6, 6.07) is 0. The van der Waals surface area contributed by atoms with Crippen molar-refractivity contribution in [2.75, 3.05) is 98.2 Å². The van der Waals surface area contributed by atoms with E-state index >= 15 is 14.4 Å². The molecule has 0 rings (SSSR count). The number of hydrogen-bond donors (Lipinski definition) is 3. The van der Waals surface area contributed by atoms with Gasteiger partial charge in [0, 0.05) is 52.4 Å². The van der Waals surface area contributed by atoms with Gasteiger partial charge in [-0.05, 0) is 38.5 Å². The van der Waals surface area contributed by atoms with Crippen LogP contribution in [0.3, 0.4) is 0 Å². The number of amides is 7. The summed E-state index contributed by atoms with van der Waals surface area (Å²) in [6.07, 6.45) is 67.8. The Bertz CT molecular complexity index is 1980. The van der Waals surface area contributed by atoms with E-state index in [-0.39, 0.29) is 81.3 Å². The van der Waals surface area contributed by atoms with Crippen LogP contribution in [-0.2, 0) is 33.6 Å². The van der Waals surface area contributed by atoms with Crippen molar-refractivity contribution in [3.8, 4) is 0 Å². The second kappa shape index (κ2) is 77.4. The minimum absolute atomic E-state index is 0.0764. The number of nitrogens with zero attached hydrogens (tertiary/aromatic N) is 6. The summed E-state index contributed by atoms with van der Waals surface area (Å²) >= 11 is 0. The molecular weight excluding hydrogens is 1300 g/mol. The highest BCUT2D eigenvalue weighted by atomic mass is 16.2. The van der Waals surface area contributed by atoms with E-state index in [0.29, 0.717) is 71.6 Å². The molecule has 0 aliphatic heterocycles. The van der Waals surface area contributed by atoms with Gasteiger partial charge in [-0.25, -0.2) is 0 Å². The Kier molecular flexibility index (Phi) is 74.6. The van der Waals surface area contributed by atoms with Crippen molar-refractivity contribution < 1.29 is 33.6 Å².